The zero-order valence-corrected chi connectivity index (χ0v) is 15.1. The van der Waals surface area contributed by atoms with Crippen molar-refractivity contribution in [1.82, 2.24) is 15.6 Å². The van der Waals surface area contributed by atoms with Crippen molar-refractivity contribution in [2.75, 3.05) is 0 Å². The van der Waals surface area contributed by atoms with E-state index in [1.807, 2.05) is 0 Å². The molecule has 3 N–H and O–H groups in total. The first-order valence-corrected chi connectivity index (χ1v) is 9.19. The number of hydrazine groups is 1. The second-order valence-corrected chi connectivity index (χ2v) is 7.40. The van der Waals surface area contributed by atoms with Crippen LogP contribution in [0.5, 0.6) is 0 Å². The number of amides is 2. The van der Waals surface area contributed by atoms with Crippen LogP contribution in [0, 0.1) is 5.82 Å². The van der Waals surface area contributed by atoms with Crippen molar-refractivity contribution in [2.24, 2.45) is 0 Å². The van der Waals surface area contributed by atoms with E-state index in [2.05, 4.69) is 15.6 Å². The fraction of sp³-hybridized carbons (Fsp3) is 0.125. The minimum Gasteiger partial charge on any atom is -0.271 e. The van der Waals surface area contributed by atoms with Crippen molar-refractivity contribution >= 4 is 33.4 Å². The lowest BCUT2D eigenvalue weighted by Crippen LogP contribution is -2.51. The minimum absolute atomic E-state index is 0.0584. The first-order chi connectivity index (χ1) is 12.2. The third-order valence-corrected chi connectivity index (χ3v) is 5.06. The van der Waals surface area contributed by atoms with Crippen molar-refractivity contribution in [1.29, 1.82) is 0 Å². The Morgan fingerprint density at radius 3 is 2.15 bits per heavy atom. The molecule has 0 aliphatic heterocycles. The maximum absolute atomic E-state index is 12.8. The molecule has 2 amide bonds. The molecule has 2 aromatic carbocycles. The van der Waals surface area contributed by atoms with Gasteiger partial charge in [0.05, 0.1) is 10.9 Å². The lowest BCUT2D eigenvalue weighted by Gasteiger charge is -2.15. The number of benzene rings is 2. The lowest BCUT2D eigenvalue weighted by atomic mass is 10.2. The lowest BCUT2D eigenvalue weighted by molar-refractivity contribution is -0.123. The maximum Gasteiger partial charge on any atom is 0.269 e. The van der Waals surface area contributed by atoms with Gasteiger partial charge in [-0.3, -0.25) is 20.4 Å². The molecule has 0 aliphatic rings. The average molecular weight is 400 g/mol. The maximum atomic E-state index is 12.8. The summed E-state index contributed by atoms with van der Waals surface area (Å²) in [5.74, 6) is -1.96. The van der Waals surface area contributed by atoms with Crippen molar-refractivity contribution in [3.63, 3.8) is 0 Å². The largest absolute Gasteiger partial charge is 0.271 e. The first kappa shape index (κ1) is 19.8. The molecule has 10 heteroatoms. The quantitative estimate of drug-likeness (QED) is 0.664. The highest BCUT2D eigenvalue weighted by molar-refractivity contribution is 7.89. The summed E-state index contributed by atoms with van der Waals surface area (Å²) < 4.78 is 39.4. The van der Waals surface area contributed by atoms with Gasteiger partial charge >= 0.3 is 0 Å². The number of halogens is 2. The number of hydrogen-bond donors (Lipinski definition) is 3. The second-order valence-electron chi connectivity index (χ2n) is 5.25. The molecule has 0 bridgehead atoms. The van der Waals surface area contributed by atoms with Crippen LogP contribution in [0.25, 0.3) is 0 Å². The van der Waals surface area contributed by atoms with Gasteiger partial charge in [0.1, 0.15) is 5.82 Å². The summed E-state index contributed by atoms with van der Waals surface area (Å²) in [6, 6.07) is 8.92. The minimum atomic E-state index is -3.94. The Morgan fingerprint density at radius 2 is 1.58 bits per heavy atom. The van der Waals surface area contributed by atoms with E-state index in [1.165, 1.54) is 43.3 Å². The van der Waals surface area contributed by atoms with E-state index < -0.39 is 33.7 Å². The predicted molar refractivity (Wildman–Crippen MR) is 93.2 cm³/mol. The van der Waals surface area contributed by atoms with Crippen LogP contribution in [0.4, 0.5) is 4.39 Å². The topological polar surface area (TPSA) is 104 Å². The zero-order chi connectivity index (χ0) is 19.3. The fourth-order valence-corrected chi connectivity index (χ4v) is 3.20. The van der Waals surface area contributed by atoms with Gasteiger partial charge in [0.2, 0.25) is 10.0 Å². The molecule has 0 spiro atoms. The molecule has 0 radical (unpaired) electrons. The highest BCUT2D eigenvalue weighted by Crippen LogP contribution is 2.14. The molecular weight excluding hydrogens is 385 g/mol. The molecule has 0 aliphatic carbocycles. The van der Waals surface area contributed by atoms with Gasteiger partial charge in [-0.05, 0) is 55.5 Å². The van der Waals surface area contributed by atoms with Gasteiger partial charge in [-0.2, -0.15) is 4.72 Å². The molecule has 1 atom stereocenters. The number of nitrogens with one attached hydrogen (secondary N) is 3. The molecule has 2 rings (SSSR count). The van der Waals surface area contributed by atoms with E-state index in [-0.39, 0.29) is 10.5 Å². The van der Waals surface area contributed by atoms with Crippen LogP contribution < -0.4 is 15.6 Å². The second kappa shape index (κ2) is 8.26. The monoisotopic (exact) mass is 399 g/mol. The molecule has 7 nitrogen and oxygen atoms in total. The Bertz CT molecular complexity index is 902. The Hall–Kier alpha value is -2.49. The van der Waals surface area contributed by atoms with Gasteiger partial charge in [-0.15, -0.1) is 0 Å². The van der Waals surface area contributed by atoms with Crippen LogP contribution in [0.3, 0.4) is 0 Å². The third kappa shape index (κ3) is 5.25. The van der Waals surface area contributed by atoms with E-state index in [0.29, 0.717) is 5.02 Å². The highest BCUT2D eigenvalue weighted by atomic mass is 35.5. The summed E-state index contributed by atoms with van der Waals surface area (Å²) in [6.07, 6.45) is 0. The Labute approximate surface area is 154 Å². The predicted octanol–water partition coefficient (Wildman–Crippen LogP) is 1.61. The standard InChI is InChI=1S/C16H15ClFN3O4S/c1-10(21-26(24,25)14-8-4-12(17)5-9-14)15(22)19-20-16(23)11-2-6-13(18)7-3-11/h2-10,21H,1H3,(H,19,22)(H,20,23)/t10-/m0/s1. The molecule has 0 heterocycles. The van der Waals surface area contributed by atoms with Gasteiger partial charge in [-0.1, -0.05) is 11.6 Å². The molecule has 138 valence electrons. The van der Waals surface area contributed by atoms with Gasteiger partial charge in [0, 0.05) is 10.6 Å². The number of rotatable bonds is 5. The van der Waals surface area contributed by atoms with Crippen molar-refractivity contribution in [3.8, 4) is 0 Å². The van der Waals surface area contributed by atoms with Gasteiger partial charge in [-0.25, -0.2) is 12.8 Å². The van der Waals surface area contributed by atoms with Crippen LogP contribution in [0.15, 0.2) is 53.4 Å². The summed E-state index contributed by atoms with van der Waals surface area (Å²) in [5.41, 5.74) is 4.34. The third-order valence-electron chi connectivity index (χ3n) is 3.25. The van der Waals surface area contributed by atoms with Crippen LogP contribution in [-0.4, -0.2) is 26.3 Å². The van der Waals surface area contributed by atoms with Crippen LogP contribution >= 0.6 is 11.6 Å². The van der Waals surface area contributed by atoms with Gasteiger partial charge in [0.15, 0.2) is 0 Å². The molecule has 0 unspecified atom stereocenters. The van der Waals surface area contributed by atoms with E-state index in [9.17, 15) is 22.4 Å². The molecule has 2 aromatic rings. The number of carbonyl (C=O) groups excluding carboxylic acids is 2. The van der Waals surface area contributed by atoms with Gasteiger partial charge in [0.25, 0.3) is 11.8 Å². The van der Waals surface area contributed by atoms with Crippen LogP contribution in [0.1, 0.15) is 17.3 Å². The Kier molecular flexibility index (Phi) is 6.30. The number of hydrogen-bond acceptors (Lipinski definition) is 4. The normalized spacial score (nSPS) is 12.3. The molecule has 0 saturated heterocycles. The SMILES string of the molecule is C[C@H](NS(=O)(=O)c1ccc(Cl)cc1)C(=O)NNC(=O)c1ccc(F)cc1. The molecule has 0 aromatic heterocycles. The molecular formula is C16H15ClFN3O4S. The van der Waals surface area contributed by atoms with E-state index >= 15 is 0 Å². The number of sulfonamides is 1. The van der Waals surface area contributed by atoms with Crippen LogP contribution in [-0.2, 0) is 14.8 Å². The summed E-state index contributed by atoms with van der Waals surface area (Å²) in [7, 11) is -3.94. The van der Waals surface area contributed by atoms with E-state index in [0.717, 1.165) is 12.1 Å². The van der Waals surface area contributed by atoms with E-state index in [1.54, 1.807) is 0 Å². The Morgan fingerprint density at radius 1 is 1.00 bits per heavy atom. The zero-order valence-electron chi connectivity index (χ0n) is 13.5. The van der Waals surface area contributed by atoms with E-state index in [4.69, 9.17) is 11.6 Å². The van der Waals surface area contributed by atoms with Crippen LogP contribution in [0.2, 0.25) is 5.02 Å². The molecule has 0 saturated carbocycles. The molecule has 26 heavy (non-hydrogen) atoms. The summed E-state index contributed by atoms with van der Waals surface area (Å²) in [4.78, 5) is 23.7. The molecule has 0 fully saturated rings. The van der Waals surface area contributed by atoms with Crippen molar-refractivity contribution in [2.45, 2.75) is 17.9 Å². The summed E-state index contributed by atoms with van der Waals surface area (Å²) in [6.45, 7) is 1.31. The first-order valence-electron chi connectivity index (χ1n) is 7.33. The fourth-order valence-electron chi connectivity index (χ4n) is 1.87. The highest BCUT2D eigenvalue weighted by Gasteiger charge is 2.22. The van der Waals surface area contributed by atoms with Crippen molar-refractivity contribution < 1.29 is 22.4 Å². The summed E-state index contributed by atoms with van der Waals surface area (Å²) in [5, 5.41) is 0.373. The Balaban J connectivity index is 1.93. The van der Waals surface area contributed by atoms with Crippen molar-refractivity contribution in [3.05, 3.63) is 64.9 Å². The number of carbonyl (C=O) groups is 2. The smallest absolute Gasteiger partial charge is 0.269 e. The average Bonchev–Trinajstić information content (AvgIpc) is 2.60. The summed E-state index contributed by atoms with van der Waals surface area (Å²) >= 11 is 5.71. The van der Waals surface area contributed by atoms with Gasteiger partial charge < -0.3 is 0 Å².